The maximum atomic E-state index is 12.2. The van der Waals surface area contributed by atoms with E-state index in [1.807, 2.05) is 31.2 Å². The van der Waals surface area contributed by atoms with Crippen molar-refractivity contribution in [1.29, 1.82) is 0 Å². The summed E-state index contributed by atoms with van der Waals surface area (Å²) in [7, 11) is 0. The molecule has 0 aliphatic carbocycles. The lowest BCUT2D eigenvalue weighted by Crippen LogP contribution is -2.15. The van der Waals surface area contributed by atoms with Crippen molar-refractivity contribution in [3.05, 3.63) is 63.7 Å². The van der Waals surface area contributed by atoms with E-state index in [0.29, 0.717) is 9.47 Å². The summed E-state index contributed by atoms with van der Waals surface area (Å²) in [4.78, 5) is 22.8. The predicted octanol–water partition coefficient (Wildman–Crippen LogP) is 4.54. The second-order valence-electron chi connectivity index (χ2n) is 5.98. The fourth-order valence-electron chi connectivity index (χ4n) is 2.38. The van der Waals surface area contributed by atoms with E-state index in [1.165, 1.54) is 35.2 Å². The Kier molecular flexibility index (Phi) is 6.22. The highest BCUT2D eigenvalue weighted by Gasteiger charge is 2.16. The van der Waals surface area contributed by atoms with Gasteiger partial charge in [0.25, 0.3) is 5.69 Å². The molecule has 3 aromatic rings. The second-order valence-corrected chi connectivity index (χ2v) is 8.18. The Morgan fingerprint density at radius 2 is 1.96 bits per heavy atom. The molecule has 28 heavy (non-hydrogen) atoms. The third kappa shape index (κ3) is 5.27. The fourth-order valence-corrected chi connectivity index (χ4v) is 3.95. The van der Waals surface area contributed by atoms with Crippen LogP contribution in [-0.2, 0) is 4.79 Å². The molecule has 1 aromatic heterocycles. The molecule has 2 N–H and O–H groups in total. The van der Waals surface area contributed by atoms with E-state index in [0.717, 1.165) is 16.8 Å². The van der Waals surface area contributed by atoms with E-state index in [-0.39, 0.29) is 23.0 Å². The number of carbonyl (C=O) groups excluding carboxylic acids is 1. The van der Waals surface area contributed by atoms with E-state index in [2.05, 4.69) is 20.8 Å². The summed E-state index contributed by atoms with van der Waals surface area (Å²) in [5.74, 6) is -0.273. The molecule has 10 heteroatoms. The first-order valence-corrected chi connectivity index (χ1v) is 10.1. The summed E-state index contributed by atoms with van der Waals surface area (Å²) in [6.07, 6.45) is 0. The maximum Gasteiger partial charge on any atom is 0.293 e. The Balaban J connectivity index is 1.57. The zero-order valence-electron chi connectivity index (χ0n) is 15.1. The molecule has 144 valence electrons. The van der Waals surface area contributed by atoms with Crippen LogP contribution in [0, 0.1) is 24.0 Å². The van der Waals surface area contributed by atoms with E-state index in [4.69, 9.17) is 0 Å². The van der Waals surface area contributed by atoms with E-state index >= 15 is 0 Å². The van der Waals surface area contributed by atoms with Crippen LogP contribution in [0.2, 0.25) is 0 Å². The van der Waals surface area contributed by atoms with Gasteiger partial charge < -0.3 is 10.6 Å². The molecule has 0 saturated carbocycles. The highest BCUT2D eigenvalue weighted by Crippen LogP contribution is 2.29. The third-order valence-corrected chi connectivity index (χ3v) is 5.60. The standard InChI is InChI=1S/C18H17N5O3S2/c1-11-4-3-5-13(8-11)19-17-21-22-18(28-17)27-10-16(24)20-14-7-6-12(2)9-15(14)23(25)26/h3-9H,10H2,1-2H3,(H,19,21)(H,20,24). The number of thioether (sulfide) groups is 1. The van der Waals surface area contributed by atoms with Crippen LogP contribution in [0.3, 0.4) is 0 Å². The third-order valence-electron chi connectivity index (χ3n) is 3.63. The van der Waals surface area contributed by atoms with Crippen molar-refractivity contribution < 1.29 is 9.72 Å². The SMILES string of the molecule is Cc1cccc(Nc2nnc(SCC(=O)Nc3ccc(C)cc3[N+](=O)[O-])s2)c1. The second kappa shape index (κ2) is 8.81. The lowest BCUT2D eigenvalue weighted by Gasteiger charge is -2.06. The molecule has 8 nitrogen and oxygen atoms in total. The zero-order valence-corrected chi connectivity index (χ0v) is 16.8. The molecule has 2 aromatic carbocycles. The Labute approximate surface area is 169 Å². The number of benzene rings is 2. The van der Waals surface area contributed by atoms with Gasteiger partial charge in [-0.3, -0.25) is 14.9 Å². The Morgan fingerprint density at radius 3 is 2.71 bits per heavy atom. The molecule has 0 spiro atoms. The fraction of sp³-hybridized carbons (Fsp3) is 0.167. The van der Waals surface area contributed by atoms with Gasteiger partial charge in [0.05, 0.1) is 10.7 Å². The molecule has 3 rings (SSSR count). The number of amides is 1. The maximum absolute atomic E-state index is 12.2. The number of aromatic nitrogens is 2. The number of hydrogen-bond acceptors (Lipinski definition) is 8. The van der Waals surface area contributed by atoms with E-state index in [1.54, 1.807) is 13.0 Å². The Hall–Kier alpha value is -2.98. The van der Waals surface area contributed by atoms with Gasteiger partial charge in [-0.1, -0.05) is 41.3 Å². The number of nitrogens with zero attached hydrogens (tertiary/aromatic N) is 3. The summed E-state index contributed by atoms with van der Waals surface area (Å²) in [6.45, 7) is 3.76. The largest absolute Gasteiger partial charge is 0.330 e. The number of hydrogen-bond donors (Lipinski definition) is 2. The number of anilines is 3. The highest BCUT2D eigenvalue weighted by atomic mass is 32.2. The smallest absolute Gasteiger partial charge is 0.293 e. The molecule has 0 unspecified atom stereocenters. The van der Waals surface area contributed by atoms with Crippen molar-refractivity contribution in [3.8, 4) is 0 Å². The summed E-state index contributed by atoms with van der Waals surface area (Å²) >= 11 is 2.56. The molecule has 1 amide bonds. The quantitative estimate of drug-likeness (QED) is 0.331. The van der Waals surface area contributed by atoms with Crippen LogP contribution in [0.15, 0.2) is 46.8 Å². The van der Waals surface area contributed by atoms with Gasteiger partial charge in [0, 0.05) is 11.8 Å². The summed E-state index contributed by atoms with van der Waals surface area (Å²) in [6, 6.07) is 12.6. The van der Waals surface area contributed by atoms with Gasteiger partial charge >= 0.3 is 0 Å². The van der Waals surface area contributed by atoms with Gasteiger partial charge in [-0.15, -0.1) is 10.2 Å². The molecule has 0 fully saturated rings. The van der Waals surface area contributed by atoms with Crippen LogP contribution in [0.4, 0.5) is 22.2 Å². The monoisotopic (exact) mass is 415 g/mol. The van der Waals surface area contributed by atoms with Crippen molar-refractivity contribution >= 4 is 51.2 Å². The highest BCUT2D eigenvalue weighted by molar-refractivity contribution is 8.01. The molecular weight excluding hydrogens is 398 g/mol. The molecule has 1 heterocycles. The van der Waals surface area contributed by atoms with Gasteiger partial charge in [-0.25, -0.2) is 0 Å². The van der Waals surface area contributed by atoms with E-state index < -0.39 is 4.92 Å². The first-order valence-electron chi connectivity index (χ1n) is 8.25. The van der Waals surface area contributed by atoms with Gasteiger partial charge in [0.2, 0.25) is 11.0 Å². The number of rotatable bonds is 7. The zero-order chi connectivity index (χ0) is 20.1. The average molecular weight is 416 g/mol. The molecule has 0 saturated heterocycles. The van der Waals surface area contributed by atoms with Gasteiger partial charge in [-0.05, 0) is 43.2 Å². The number of nitrogens with one attached hydrogen (secondary N) is 2. The lowest BCUT2D eigenvalue weighted by molar-refractivity contribution is -0.384. The van der Waals surface area contributed by atoms with Gasteiger partial charge in [0.1, 0.15) is 5.69 Å². The lowest BCUT2D eigenvalue weighted by atomic mass is 10.2. The molecule has 0 bridgehead atoms. The number of aryl methyl sites for hydroxylation is 2. The minimum Gasteiger partial charge on any atom is -0.330 e. The van der Waals surface area contributed by atoms with Crippen molar-refractivity contribution in [2.24, 2.45) is 0 Å². The molecule has 0 aliphatic rings. The Morgan fingerprint density at radius 1 is 1.18 bits per heavy atom. The van der Waals surface area contributed by atoms with Crippen molar-refractivity contribution in [2.75, 3.05) is 16.4 Å². The number of nitro groups is 1. The van der Waals surface area contributed by atoms with Crippen LogP contribution in [-0.4, -0.2) is 26.8 Å². The molecule has 0 atom stereocenters. The Bertz CT molecular complexity index is 1020. The average Bonchev–Trinajstić information content (AvgIpc) is 3.09. The molecular formula is C18H17N5O3S2. The van der Waals surface area contributed by atoms with Crippen LogP contribution < -0.4 is 10.6 Å². The first-order chi connectivity index (χ1) is 13.4. The van der Waals surface area contributed by atoms with Crippen LogP contribution in [0.5, 0.6) is 0 Å². The van der Waals surface area contributed by atoms with Gasteiger partial charge in [-0.2, -0.15) is 0 Å². The normalized spacial score (nSPS) is 10.5. The van der Waals surface area contributed by atoms with Gasteiger partial charge in [0.15, 0.2) is 4.34 Å². The van der Waals surface area contributed by atoms with Crippen LogP contribution in [0.1, 0.15) is 11.1 Å². The minimum atomic E-state index is -0.510. The van der Waals surface area contributed by atoms with Crippen LogP contribution in [0.25, 0.3) is 0 Å². The van der Waals surface area contributed by atoms with Crippen molar-refractivity contribution in [2.45, 2.75) is 18.2 Å². The summed E-state index contributed by atoms with van der Waals surface area (Å²) in [5.41, 5.74) is 2.85. The summed E-state index contributed by atoms with van der Waals surface area (Å²) in [5, 5.41) is 25.6. The first kappa shape index (κ1) is 19.8. The topological polar surface area (TPSA) is 110 Å². The number of carbonyl (C=O) groups is 1. The molecule has 0 aliphatic heterocycles. The number of nitro benzene ring substituents is 1. The summed E-state index contributed by atoms with van der Waals surface area (Å²) < 4.78 is 0.628. The predicted molar refractivity (Wildman–Crippen MR) is 112 cm³/mol. The molecule has 0 radical (unpaired) electrons. The van der Waals surface area contributed by atoms with Crippen molar-refractivity contribution in [3.63, 3.8) is 0 Å². The van der Waals surface area contributed by atoms with E-state index in [9.17, 15) is 14.9 Å². The van der Waals surface area contributed by atoms with Crippen LogP contribution >= 0.6 is 23.1 Å². The minimum absolute atomic E-state index is 0.0735. The van der Waals surface area contributed by atoms with Crippen molar-refractivity contribution in [1.82, 2.24) is 10.2 Å².